The van der Waals surface area contributed by atoms with Crippen LogP contribution in [0.2, 0.25) is 0 Å². The van der Waals surface area contributed by atoms with Gasteiger partial charge in [0.15, 0.2) is 0 Å². The topological polar surface area (TPSA) is 40.5 Å². The second-order valence-corrected chi connectivity index (χ2v) is 9.58. The van der Waals surface area contributed by atoms with Gasteiger partial charge in [-0.1, -0.05) is 41.8 Å². The SMILES string of the molecule is C[C@H](CCC[C@@](C)(O)C(=O)N(C)C)[C@H]1CCC2C(=CBr)CCC[C@@]21C. The second-order valence-electron chi connectivity index (χ2n) is 9.12. The fourth-order valence-corrected chi connectivity index (χ4v) is 6.25. The van der Waals surface area contributed by atoms with Crippen molar-refractivity contribution in [2.75, 3.05) is 14.1 Å². The van der Waals surface area contributed by atoms with E-state index in [1.807, 2.05) is 0 Å². The van der Waals surface area contributed by atoms with Crippen LogP contribution in [0, 0.1) is 23.2 Å². The number of hydrogen-bond donors (Lipinski definition) is 1. The summed E-state index contributed by atoms with van der Waals surface area (Å²) in [5.41, 5.74) is 0.810. The van der Waals surface area contributed by atoms with Crippen molar-refractivity contribution in [3.05, 3.63) is 10.6 Å². The first kappa shape index (κ1) is 21.0. The summed E-state index contributed by atoms with van der Waals surface area (Å²) in [6, 6.07) is 0. The van der Waals surface area contributed by atoms with Gasteiger partial charge in [0, 0.05) is 14.1 Å². The van der Waals surface area contributed by atoms with Crippen LogP contribution in [0.5, 0.6) is 0 Å². The van der Waals surface area contributed by atoms with Crippen molar-refractivity contribution in [1.29, 1.82) is 0 Å². The Bertz CT molecular complexity index is 514. The molecule has 2 aliphatic carbocycles. The Kier molecular flexibility index (Phi) is 6.81. The van der Waals surface area contributed by atoms with E-state index in [1.54, 1.807) is 26.6 Å². The third-order valence-corrected chi connectivity index (χ3v) is 7.64. The van der Waals surface area contributed by atoms with Crippen LogP contribution in [0.25, 0.3) is 0 Å². The molecule has 2 fully saturated rings. The number of likely N-dealkylation sites (N-methyl/N-ethyl adjacent to an activating group) is 1. The highest BCUT2D eigenvalue weighted by Gasteiger charge is 2.50. The fraction of sp³-hybridized carbons (Fsp3) is 0.857. The van der Waals surface area contributed by atoms with E-state index in [9.17, 15) is 9.90 Å². The number of amides is 1. The highest BCUT2D eigenvalue weighted by Crippen LogP contribution is 2.60. The predicted octanol–water partition coefficient (Wildman–Crippen LogP) is 5.13. The van der Waals surface area contributed by atoms with Gasteiger partial charge in [-0.05, 0) is 80.0 Å². The largest absolute Gasteiger partial charge is 0.380 e. The van der Waals surface area contributed by atoms with Crippen LogP contribution < -0.4 is 0 Å². The molecule has 2 saturated carbocycles. The van der Waals surface area contributed by atoms with Crippen molar-refractivity contribution in [2.45, 2.75) is 77.7 Å². The molecule has 0 aromatic heterocycles. The summed E-state index contributed by atoms with van der Waals surface area (Å²) in [5.74, 6) is 1.96. The van der Waals surface area contributed by atoms with E-state index in [2.05, 4.69) is 34.8 Å². The van der Waals surface area contributed by atoms with E-state index in [0.29, 0.717) is 17.8 Å². The molecule has 0 saturated heterocycles. The minimum absolute atomic E-state index is 0.188. The van der Waals surface area contributed by atoms with Crippen molar-refractivity contribution in [1.82, 2.24) is 4.90 Å². The van der Waals surface area contributed by atoms with Gasteiger partial charge in [0.25, 0.3) is 5.91 Å². The summed E-state index contributed by atoms with van der Waals surface area (Å²) in [7, 11) is 3.41. The Morgan fingerprint density at radius 1 is 1.48 bits per heavy atom. The highest BCUT2D eigenvalue weighted by atomic mass is 79.9. The maximum Gasteiger partial charge on any atom is 0.253 e. The van der Waals surface area contributed by atoms with Crippen LogP contribution >= 0.6 is 15.9 Å². The third-order valence-electron chi connectivity index (χ3n) is 7.05. The van der Waals surface area contributed by atoms with Gasteiger partial charge in [0.05, 0.1) is 0 Å². The number of fused-ring (bicyclic) bond motifs is 1. The lowest BCUT2D eigenvalue weighted by atomic mass is 9.61. The number of nitrogens with zero attached hydrogens (tertiary/aromatic N) is 1. The molecule has 1 amide bonds. The average molecular weight is 414 g/mol. The molecule has 0 radical (unpaired) electrons. The number of aliphatic hydroxyl groups is 1. The Hall–Kier alpha value is -0.350. The van der Waals surface area contributed by atoms with E-state index >= 15 is 0 Å². The molecule has 0 aromatic carbocycles. The molecule has 0 aromatic rings. The molecule has 1 N–H and O–H groups in total. The quantitative estimate of drug-likeness (QED) is 0.655. The van der Waals surface area contributed by atoms with E-state index in [1.165, 1.54) is 37.0 Å². The lowest BCUT2D eigenvalue weighted by Gasteiger charge is -2.44. The lowest BCUT2D eigenvalue weighted by molar-refractivity contribution is -0.147. The zero-order valence-electron chi connectivity index (χ0n) is 16.6. The van der Waals surface area contributed by atoms with Gasteiger partial charge in [-0.2, -0.15) is 0 Å². The fourth-order valence-electron chi connectivity index (χ4n) is 5.70. The predicted molar refractivity (Wildman–Crippen MR) is 108 cm³/mol. The molecule has 144 valence electrons. The minimum atomic E-state index is -1.23. The Morgan fingerprint density at radius 3 is 2.76 bits per heavy atom. The Labute approximate surface area is 162 Å². The standard InChI is InChI=1S/C21H36BrNO2/c1-15(8-6-13-21(3,25)19(24)23(4)5)17-10-11-18-16(14-22)9-7-12-20(17,18)2/h14-15,17-18,25H,6-13H2,1-5H3/t15-,17-,18?,20-,21-/m1/s1. The van der Waals surface area contributed by atoms with Crippen molar-refractivity contribution in [3.63, 3.8) is 0 Å². The van der Waals surface area contributed by atoms with Crippen molar-refractivity contribution >= 4 is 21.8 Å². The van der Waals surface area contributed by atoms with E-state index < -0.39 is 5.60 Å². The summed E-state index contributed by atoms with van der Waals surface area (Å²) in [5, 5.41) is 10.4. The first-order valence-electron chi connectivity index (χ1n) is 9.86. The highest BCUT2D eigenvalue weighted by molar-refractivity contribution is 9.11. The third kappa shape index (κ3) is 4.32. The average Bonchev–Trinajstić information content (AvgIpc) is 2.90. The molecule has 5 atom stereocenters. The van der Waals surface area contributed by atoms with Crippen LogP contribution in [-0.4, -0.2) is 35.6 Å². The van der Waals surface area contributed by atoms with Crippen molar-refractivity contribution < 1.29 is 9.90 Å². The van der Waals surface area contributed by atoms with Gasteiger partial charge < -0.3 is 10.0 Å². The summed E-state index contributed by atoms with van der Waals surface area (Å²) in [6.07, 6.45) is 9.09. The molecule has 0 heterocycles. The molecule has 2 aliphatic rings. The number of rotatable bonds is 6. The smallest absolute Gasteiger partial charge is 0.253 e. The van der Waals surface area contributed by atoms with E-state index in [4.69, 9.17) is 0 Å². The molecule has 0 aliphatic heterocycles. The molecule has 3 nitrogen and oxygen atoms in total. The van der Waals surface area contributed by atoms with Crippen LogP contribution in [0.3, 0.4) is 0 Å². The summed E-state index contributed by atoms with van der Waals surface area (Å²) >= 11 is 3.59. The van der Waals surface area contributed by atoms with Gasteiger partial charge in [0.2, 0.25) is 0 Å². The van der Waals surface area contributed by atoms with Crippen molar-refractivity contribution in [3.8, 4) is 0 Å². The summed E-state index contributed by atoms with van der Waals surface area (Å²) in [4.78, 5) is 15.7. The lowest BCUT2D eigenvalue weighted by Crippen LogP contribution is -2.43. The van der Waals surface area contributed by atoms with Crippen LogP contribution in [0.15, 0.2) is 10.6 Å². The van der Waals surface area contributed by atoms with Gasteiger partial charge in [-0.25, -0.2) is 0 Å². The normalized spacial score (nSPS) is 34.4. The molecular weight excluding hydrogens is 378 g/mol. The van der Waals surface area contributed by atoms with E-state index in [0.717, 1.165) is 24.7 Å². The van der Waals surface area contributed by atoms with Gasteiger partial charge in [0.1, 0.15) is 5.60 Å². The van der Waals surface area contributed by atoms with Crippen LogP contribution in [0.4, 0.5) is 0 Å². The summed E-state index contributed by atoms with van der Waals surface area (Å²) in [6.45, 7) is 6.54. The first-order valence-corrected chi connectivity index (χ1v) is 10.8. The minimum Gasteiger partial charge on any atom is -0.380 e. The molecular formula is C21H36BrNO2. The monoisotopic (exact) mass is 413 g/mol. The number of hydrogen-bond acceptors (Lipinski definition) is 2. The summed E-state index contributed by atoms with van der Waals surface area (Å²) < 4.78 is 0. The molecule has 0 spiro atoms. The first-order chi connectivity index (χ1) is 11.6. The molecule has 1 unspecified atom stereocenters. The van der Waals surface area contributed by atoms with Gasteiger partial charge >= 0.3 is 0 Å². The molecule has 2 rings (SSSR count). The zero-order valence-corrected chi connectivity index (χ0v) is 18.2. The van der Waals surface area contributed by atoms with E-state index in [-0.39, 0.29) is 5.91 Å². The Balaban J connectivity index is 1.93. The van der Waals surface area contributed by atoms with Gasteiger partial charge in [-0.3, -0.25) is 4.79 Å². The Morgan fingerprint density at radius 2 is 2.16 bits per heavy atom. The number of carbonyl (C=O) groups is 1. The van der Waals surface area contributed by atoms with Crippen LogP contribution in [0.1, 0.15) is 72.1 Å². The number of carbonyl (C=O) groups excluding carboxylic acids is 1. The molecule has 25 heavy (non-hydrogen) atoms. The maximum atomic E-state index is 12.1. The van der Waals surface area contributed by atoms with Crippen molar-refractivity contribution in [2.24, 2.45) is 23.2 Å². The maximum absolute atomic E-state index is 12.1. The number of halogens is 1. The van der Waals surface area contributed by atoms with Crippen LogP contribution in [-0.2, 0) is 4.79 Å². The second kappa shape index (κ2) is 8.12. The molecule has 0 bridgehead atoms. The number of allylic oxidation sites excluding steroid dienone is 1. The van der Waals surface area contributed by atoms with Gasteiger partial charge in [-0.15, -0.1) is 0 Å². The zero-order chi connectivity index (χ0) is 18.8. The molecule has 4 heteroatoms.